The van der Waals surface area contributed by atoms with E-state index in [1.54, 1.807) is 13.8 Å². The van der Waals surface area contributed by atoms with Gasteiger partial charge >= 0.3 is 11.9 Å². The number of fused-ring (bicyclic) bond motifs is 3. The second kappa shape index (κ2) is 4.01. The summed E-state index contributed by atoms with van der Waals surface area (Å²) in [7, 11) is 0. The molecule has 0 radical (unpaired) electrons. The van der Waals surface area contributed by atoms with Crippen molar-refractivity contribution in [2.24, 2.45) is 11.3 Å². The number of hydrogen-bond acceptors (Lipinski definition) is 7. The van der Waals surface area contributed by atoms with Crippen LogP contribution in [0.2, 0.25) is 0 Å². The third kappa shape index (κ3) is 1.45. The van der Waals surface area contributed by atoms with Gasteiger partial charge in [-0.05, 0) is 13.0 Å². The van der Waals surface area contributed by atoms with Crippen LogP contribution >= 0.6 is 0 Å². The van der Waals surface area contributed by atoms with Gasteiger partial charge in [-0.3, -0.25) is 19.7 Å². The third-order valence-corrected chi connectivity index (χ3v) is 4.87. The smallest absolute Gasteiger partial charge is 0.328 e. The van der Waals surface area contributed by atoms with Crippen LogP contribution in [0.5, 0.6) is 5.75 Å². The number of nitro groups is 1. The van der Waals surface area contributed by atoms with E-state index >= 15 is 0 Å². The Bertz CT molecular complexity index is 775. The van der Waals surface area contributed by atoms with E-state index in [0.717, 1.165) is 0 Å². The quantitative estimate of drug-likeness (QED) is 0.360. The third-order valence-electron chi connectivity index (χ3n) is 4.87. The van der Waals surface area contributed by atoms with Gasteiger partial charge in [0.15, 0.2) is 5.41 Å². The van der Waals surface area contributed by atoms with Gasteiger partial charge in [0.2, 0.25) is 0 Å². The van der Waals surface area contributed by atoms with Crippen LogP contribution in [-0.2, 0) is 19.1 Å². The lowest BCUT2D eigenvalue weighted by Gasteiger charge is -2.33. The summed E-state index contributed by atoms with van der Waals surface area (Å²) in [5, 5.41) is 11.0. The summed E-state index contributed by atoms with van der Waals surface area (Å²) in [4.78, 5) is 35.3. The molecule has 0 amide bonds. The monoisotopic (exact) mass is 319 g/mol. The van der Waals surface area contributed by atoms with Crippen molar-refractivity contribution in [1.29, 1.82) is 0 Å². The first-order valence-corrected chi connectivity index (χ1v) is 7.24. The summed E-state index contributed by atoms with van der Waals surface area (Å²) >= 11 is 0. The number of ether oxygens (including phenoxy) is 3. The van der Waals surface area contributed by atoms with Crippen molar-refractivity contribution in [2.45, 2.75) is 25.6 Å². The SMILES string of the molecule is CCOC(=O)C12C(=O)OC3(C)Oc4ccc([N+](=O)[O-])cc4C1C32. The summed E-state index contributed by atoms with van der Waals surface area (Å²) in [5.74, 6) is -3.26. The minimum Gasteiger partial charge on any atom is -0.465 e. The number of esters is 2. The topological polar surface area (TPSA) is 105 Å². The van der Waals surface area contributed by atoms with E-state index in [2.05, 4.69) is 0 Å². The number of non-ortho nitro benzene ring substituents is 1. The van der Waals surface area contributed by atoms with Crippen molar-refractivity contribution in [3.05, 3.63) is 33.9 Å². The Labute approximate surface area is 130 Å². The largest absolute Gasteiger partial charge is 0.465 e. The first kappa shape index (κ1) is 14.0. The highest BCUT2D eigenvalue weighted by molar-refractivity contribution is 6.08. The lowest BCUT2D eigenvalue weighted by molar-refractivity contribution is -0.385. The molecule has 2 fully saturated rings. The van der Waals surface area contributed by atoms with Crippen molar-refractivity contribution in [3.63, 3.8) is 0 Å². The lowest BCUT2D eigenvalue weighted by atomic mass is 9.97. The molecule has 0 N–H and O–H groups in total. The molecule has 1 aliphatic carbocycles. The highest BCUT2D eigenvalue weighted by Gasteiger charge is 2.90. The Balaban J connectivity index is 1.87. The molecular formula is C15H13NO7. The van der Waals surface area contributed by atoms with Crippen molar-refractivity contribution in [1.82, 2.24) is 0 Å². The second-order valence-electron chi connectivity index (χ2n) is 6.03. The summed E-state index contributed by atoms with van der Waals surface area (Å²) < 4.78 is 16.1. The van der Waals surface area contributed by atoms with Crippen LogP contribution in [-0.4, -0.2) is 29.3 Å². The molecule has 1 saturated carbocycles. The molecule has 2 heterocycles. The second-order valence-corrected chi connectivity index (χ2v) is 6.03. The van der Waals surface area contributed by atoms with Crippen molar-refractivity contribution in [2.75, 3.05) is 6.61 Å². The summed E-state index contributed by atoms with van der Waals surface area (Å²) in [5.41, 5.74) is -1.09. The van der Waals surface area contributed by atoms with Gasteiger partial charge in [0, 0.05) is 30.5 Å². The maximum atomic E-state index is 12.4. The van der Waals surface area contributed by atoms with E-state index in [-0.39, 0.29) is 12.3 Å². The average molecular weight is 319 g/mol. The number of carbonyl (C=O) groups excluding carboxylic acids is 2. The Hall–Kier alpha value is -2.64. The Morgan fingerprint density at radius 1 is 1.43 bits per heavy atom. The summed E-state index contributed by atoms with van der Waals surface area (Å²) in [6, 6.07) is 4.14. The van der Waals surface area contributed by atoms with E-state index in [4.69, 9.17) is 14.2 Å². The Kier molecular flexibility index (Phi) is 2.44. The predicted octanol–water partition coefficient (Wildman–Crippen LogP) is 1.52. The highest BCUT2D eigenvalue weighted by atomic mass is 16.7. The molecule has 1 aromatic carbocycles. The van der Waals surface area contributed by atoms with E-state index in [1.165, 1.54) is 18.2 Å². The number of benzene rings is 1. The fourth-order valence-electron chi connectivity index (χ4n) is 3.99. The van der Waals surface area contributed by atoms with Crippen LogP contribution in [0, 0.1) is 21.4 Å². The van der Waals surface area contributed by atoms with Crippen LogP contribution in [0.4, 0.5) is 5.69 Å². The van der Waals surface area contributed by atoms with Crippen LogP contribution in [0.3, 0.4) is 0 Å². The van der Waals surface area contributed by atoms with Gasteiger partial charge in [-0.2, -0.15) is 0 Å². The first-order chi connectivity index (χ1) is 10.9. The van der Waals surface area contributed by atoms with E-state index in [1.807, 2.05) is 0 Å². The zero-order valence-electron chi connectivity index (χ0n) is 12.4. The molecule has 0 aromatic heterocycles. The fourth-order valence-corrected chi connectivity index (χ4v) is 3.99. The molecule has 8 heteroatoms. The van der Waals surface area contributed by atoms with Gasteiger partial charge in [0.1, 0.15) is 5.75 Å². The molecule has 0 spiro atoms. The number of rotatable bonds is 3. The van der Waals surface area contributed by atoms with Crippen LogP contribution in [0.15, 0.2) is 18.2 Å². The number of carbonyl (C=O) groups is 2. The normalized spacial score (nSPS) is 35.5. The van der Waals surface area contributed by atoms with Gasteiger partial charge in [-0.15, -0.1) is 0 Å². The van der Waals surface area contributed by atoms with Gasteiger partial charge in [-0.1, -0.05) is 0 Å². The molecule has 23 heavy (non-hydrogen) atoms. The maximum absolute atomic E-state index is 12.4. The summed E-state index contributed by atoms with van der Waals surface area (Å²) in [6.07, 6.45) is 0. The number of nitro benzene ring substituents is 1. The van der Waals surface area contributed by atoms with Gasteiger partial charge < -0.3 is 14.2 Å². The van der Waals surface area contributed by atoms with Crippen molar-refractivity contribution < 1.29 is 28.7 Å². The fraction of sp³-hybridized carbons (Fsp3) is 0.467. The van der Waals surface area contributed by atoms with E-state index in [9.17, 15) is 19.7 Å². The molecule has 4 rings (SSSR count). The molecular weight excluding hydrogens is 306 g/mol. The molecule has 8 nitrogen and oxygen atoms in total. The van der Waals surface area contributed by atoms with Crippen molar-refractivity contribution >= 4 is 17.6 Å². The van der Waals surface area contributed by atoms with Crippen molar-refractivity contribution in [3.8, 4) is 5.75 Å². The van der Waals surface area contributed by atoms with Gasteiger partial charge in [0.25, 0.3) is 11.5 Å². The van der Waals surface area contributed by atoms with E-state index < -0.39 is 39.9 Å². The Morgan fingerprint density at radius 3 is 2.83 bits per heavy atom. The van der Waals surface area contributed by atoms with Gasteiger partial charge in [0.05, 0.1) is 17.4 Å². The Morgan fingerprint density at radius 2 is 2.17 bits per heavy atom. The van der Waals surface area contributed by atoms with Crippen LogP contribution in [0.1, 0.15) is 25.3 Å². The average Bonchev–Trinajstić information content (AvgIpc) is 3.13. The molecule has 1 aromatic rings. The minimum atomic E-state index is -1.45. The summed E-state index contributed by atoms with van der Waals surface area (Å²) in [6.45, 7) is 3.38. The molecule has 120 valence electrons. The molecule has 4 unspecified atom stereocenters. The standard InChI is InChI=1S/C15H13NO7/c1-3-21-12(17)15-10-8-6-7(16(19)20)4-5-9(8)22-14(2,11(10)15)23-13(15)18/h4-6,10-11H,3H2,1-2H3. The zero-order chi connectivity index (χ0) is 16.6. The molecule has 1 saturated heterocycles. The number of hydrogen-bond donors (Lipinski definition) is 0. The van der Waals surface area contributed by atoms with Crippen LogP contribution in [0.25, 0.3) is 0 Å². The predicted molar refractivity (Wildman–Crippen MR) is 73.5 cm³/mol. The first-order valence-electron chi connectivity index (χ1n) is 7.24. The van der Waals surface area contributed by atoms with E-state index in [0.29, 0.717) is 11.3 Å². The van der Waals surface area contributed by atoms with Crippen LogP contribution < -0.4 is 4.74 Å². The minimum absolute atomic E-state index is 0.117. The lowest BCUT2D eigenvalue weighted by Crippen LogP contribution is -2.40. The molecule has 3 aliphatic rings. The molecule has 0 bridgehead atoms. The maximum Gasteiger partial charge on any atom is 0.328 e. The molecule has 4 atom stereocenters. The number of nitrogens with zero attached hydrogens (tertiary/aromatic N) is 1. The zero-order valence-corrected chi connectivity index (χ0v) is 12.4. The molecule has 2 aliphatic heterocycles. The van der Waals surface area contributed by atoms with Gasteiger partial charge in [-0.25, -0.2) is 0 Å². The highest BCUT2D eigenvalue weighted by Crippen LogP contribution is 2.77.